The van der Waals surface area contributed by atoms with E-state index in [1.165, 1.54) is 16.6 Å². The quantitative estimate of drug-likeness (QED) is 0.781. The summed E-state index contributed by atoms with van der Waals surface area (Å²) in [5.41, 5.74) is 2.44. The van der Waals surface area contributed by atoms with Crippen LogP contribution < -0.4 is 5.32 Å². The van der Waals surface area contributed by atoms with Crippen LogP contribution in [0.5, 0.6) is 0 Å². The molecule has 1 N–H and O–H groups in total. The Labute approximate surface area is 96.0 Å². The van der Waals surface area contributed by atoms with Gasteiger partial charge in [-0.25, -0.2) is 0 Å². The molecule has 0 aliphatic rings. The van der Waals surface area contributed by atoms with Crippen molar-refractivity contribution in [3.63, 3.8) is 0 Å². The molecule has 0 unspecified atom stereocenters. The van der Waals surface area contributed by atoms with E-state index in [2.05, 4.69) is 47.4 Å². The monoisotopic (exact) mass is 218 g/mol. The van der Waals surface area contributed by atoms with Crippen molar-refractivity contribution in [3.05, 3.63) is 30.5 Å². The Morgan fingerprint density at radius 2 is 2.19 bits per heavy atom. The molecule has 1 aromatic heterocycles. The summed E-state index contributed by atoms with van der Waals surface area (Å²) in [6.07, 6.45) is 3.11. The Hall–Kier alpha value is -1.48. The summed E-state index contributed by atoms with van der Waals surface area (Å²) in [6.45, 7) is 1.76. The second-order valence-electron chi connectivity index (χ2n) is 3.97. The molecule has 0 fully saturated rings. The van der Waals surface area contributed by atoms with Gasteiger partial charge in [0, 0.05) is 50.1 Å². The fourth-order valence-electron chi connectivity index (χ4n) is 1.84. The van der Waals surface area contributed by atoms with Crippen LogP contribution in [0.15, 0.2) is 30.5 Å². The van der Waals surface area contributed by atoms with Gasteiger partial charge in [-0.15, -0.1) is 0 Å². The summed E-state index contributed by atoms with van der Waals surface area (Å²) in [7, 11) is 3.80. The Bertz CT molecular complexity index is 462. The molecule has 16 heavy (non-hydrogen) atoms. The van der Waals surface area contributed by atoms with Crippen LogP contribution in [0.1, 0.15) is 6.42 Å². The maximum atomic E-state index is 5.01. The fourth-order valence-corrected chi connectivity index (χ4v) is 1.84. The molecule has 0 aliphatic carbocycles. The average molecular weight is 218 g/mol. The number of ether oxygens (including phenoxy) is 1. The lowest BCUT2D eigenvalue weighted by atomic mass is 10.2. The Morgan fingerprint density at radius 1 is 1.31 bits per heavy atom. The second kappa shape index (κ2) is 5.03. The zero-order valence-electron chi connectivity index (χ0n) is 9.86. The van der Waals surface area contributed by atoms with Crippen LogP contribution in [0, 0.1) is 0 Å². The van der Waals surface area contributed by atoms with E-state index in [4.69, 9.17) is 4.74 Å². The highest BCUT2D eigenvalue weighted by molar-refractivity contribution is 5.83. The van der Waals surface area contributed by atoms with E-state index in [9.17, 15) is 0 Å². The molecular weight excluding hydrogens is 200 g/mol. The van der Waals surface area contributed by atoms with Gasteiger partial charge in [0.1, 0.15) is 0 Å². The molecular formula is C13H18N2O. The van der Waals surface area contributed by atoms with Gasteiger partial charge >= 0.3 is 0 Å². The number of methoxy groups -OCH3 is 1. The molecule has 2 aromatic rings. The third kappa shape index (κ3) is 2.36. The highest BCUT2D eigenvalue weighted by atomic mass is 16.5. The van der Waals surface area contributed by atoms with E-state index in [1.54, 1.807) is 7.11 Å². The van der Waals surface area contributed by atoms with E-state index < -0.39 is 0 Å². The van der Waals surface area contributed by atoms with Crippen LogP contribution in [0.25, 0.3) is 10.9 Å². The smallest absolute Gasteiger partial charge is 0.0479 e. The van der Waals surface area contributed by atoms with Crippen molar-refractivity contribution < 1.29 is 4.74 Å². The number of hydrogen-bond donors (Lipinski definition) is 1. The van der Waals surface area contributed by atoms with E-state index in [-0.39, 0.29) is 0 Å². The number of hydrogen-bond acceptors (Lipinski definition) is 2. The molecule has 0 atom stereocenters. The summed E-state index contributed by atoms with van der Waals surface area (Å²) >= 11 is 0. The Kier molecular flexibility index (Phi) is 3.47. The molecule has 86 valence electrons. The molecule has 1 aromatic carbocycles. The first kappa shape index (κ1) is 11.0. The maximum Gasteiger partial charge on any atom is 0.0479 e. The molecule has 3 heteroatoms. The Balaban J connectivity index is 2.02. The highest BCUT2D eigenvalue weighted by Gasteiger charge is 1.98. The molecule has 3 nitrogen and oxygen atoms in total. The van der Waals surface area contributed by atoms with Gasteiger partial charge < -0.3 is 14.6 Å². The number of nitrogens with zero attached hydrogens (tertiary/aromatic N) is 1. The normalized spacial score (nSPS) is 10.9. The van der Waals surface area contributed by atoms with Crippen molar-refractivity contribution in [2.75, 3.05) is 25.6 Å². The van der Waals surface area contributed by atoms with Crippen LogP contribution in [0.4, 0.5) is 5.69 Å². The average Bonchev–Trinajstić information content (AvgIpc) is 2.66. The van der Waals surface area contributed by atoms with E-state index in [1.807, 2.05) is 0 Å². The van der Waals surface area contributed by atoms with E-state index in [0.29, 0.717) is 0 Å². The molecule has 0 amide bonds. The fraction of sp³-hybridized carbons (Fsp3) is 0.385. The number of fused-ring (bicyclic) bond motifs is 1. The standard InChI is InChI=1S/C13H18N2O/c1-15-8-6-11-10-12(4-5-13(11)15)14-7-3-9-16-2/h4-6,8,10,14H,3,7,9H2,1-2H3. The topological polar surface area (TPSA) is 26.2 Å². The van der Waals surface area contributed by atoms with Crippen molar-refractivity contribution >= 4 is 16.6 Å². The zero-order valence-corrected chi connectivity index (χ0v) is 9.86. The summed E-state index contributed by atoms with van der Waals surface area (Å²) in [4.78, 5) is 0. The molecule has 1 heterocycles. The SMILES string of the molecule is COCCCNc1ccc2c(ccn2C)c1. The lowest BCUT2D eigenvalue weighted by molar-refractivity contribution is 0.198. The summed E-state index contributed by atoms with van der Waals surface area (Å²) in [5.74, 6) is 0. The predicted molar refractivity (Wildman–Crippen MR) is 67.9 cm³/mol. The van der Waals surface area contributed by atoms with Crippen LogP contribution in [-0.2, 0) is 11.8 Å². The maximum absolute atomic E-state index is 5.01. The van der Waals surface area contributed by atoms with Gasteiger partial charge in [0.15, 0.2) is 0 Å². The molecule has 0 bridgehead atoms. The van der Waals surface area contributed by atoms with Gasteiger partial charge in [-0.05, 0) is 30.7 Å². The Morgan fingerprint density at radius 3 is 3.00 bits per heavy atom. The van der Waals surface area contributed by atoms with Gasteiger partial charge in [-0.2, -0.15) is 0 Å². The molecule has 0 radical (unpaired) electrons. The van der Waals surface area contributed by atoms with Crippen LogP contribution in [-0.4, -0.2) is 24.8 Å². The summed E-state index contributed by atoms with van der Waals surface area (Å²) < 4.78 is 7.14. The number of nitrogens with one attached hydrogen (secondary N) is 1. The number of aryl methyl sites for hydroxylation is 1. The zero-order chi connectivity index (χ0) is 11.4. The molecule has 0 aliphatic heterocycles. The van der Waals surface area contributed by atoms with Gasteiger partial charge in [0.05, 0.1) is 0 Å². The lowest BCUT2D eigenvalue weighted by Gasteiger charge is -2.06. The molecule has 0 spiro atoms. The van der Waals surface area contributed by atoms with Crippen molar-refractivity contribution in [1.82, 2.24) is 4.57 Å². The first-order valence-electron chi connectivity index (χ1n) is 5.59. The minimum absolute atomic E-state index is 0.806. The second-order valence-corrected chi connectivity index (χ2v) is 3.97. The third-order valence-corrected chi connectivity index (χ3v) is 2.74. The van der Waals surface area contributed by atoms with E-state index >= 15 is 0 Å². The number of anilines is 1. The minimum atomic E-state index is 0.806. The van der Waals surface area contributed by atoms with Gasteiger partial charge in [0.25, 0.3) is 0 Å². The first-order chi connectivity index (χ1) is 7.81. The van der Waals surface area contributed by atoms with Crippen molar-refractivity contribution in [3.8, 4) is 0 Å². The van der Waals surface area contributed by atoms with Crippen molar-refractivity contribution in [1.29, 1.82) is 0 Å². The number of aromatic nitrogens is 1. The highest BCUT2D eigenvalue weighted by Crippen LogP contribution is 2.19. The summed E-state index contributed by atoms with van der Waals surface area (Å²) in [5, 5.41) is 4.67. The minimum Gasteiger partial charge on any atom is -0.385 e. The van der Waals surface area contributed by atoms with Crippen LogP contribution in [0.2, 0.25) is 0 Å². The molecule has 2 rings (SSSR count). The van der Waals surface area contributed by atoms with Crippen LogP contribution >= 0.6 is 0 Å². The number of rotatable bonds is 5. The largest absolute Gasteiger partial charge is 0.385 e. The molecule has 0 saturated heterocycles. The first-order valence-corrected chi connectivity index (χ1v) is 5.59. The number of benzene rings is 1. The van der Waals surface area contributed by atoms with Crippen LogP contribution in [0.3, 0.4) is 0 Å². The molecule has 0 saturated carbocycles. The van der Waals surface area contributed by atoms with Crippen molar-refractivity contribution in [2.45, 2.75) is 6.42 Å². The van der Waals surface area contributed by atoms with Crippen molar-refractivity contribution in [2.24, 2.45) is 7.05 Å². The van der Waals surface area contributed by atoms with Gasteiger partial charge in [0.2, 0.25) is 0 Å². The lowest BCUT2D eigenvalue weighted by Crippen LogP contribution is -2.04. The summed E-state index contributed by atoms with van der Waals surface area (Å²) in [6, 6.07) is 8.58. The van der Waals surface area contributed by atoms with Gasteiger partial charge in [-0.3, -0.25) is 0 Å². The van der Waals surface area contributed by atoms with Gasteiger partial charge in [-0.1, -0.05) is 0 Å². The third-order valence-electron chi connectivity index (χ3n) is 2.74. The predicted octanol–water partition coefficient (Wildman–Crippen LogP) is 2.63. The van der Waals surface area contributed by atoms with E-state index in [0.717, 1.165) is 19.6 Å².